The van der Waals surface area contributed by atoms with Gasteiger partial charge in [-0.15, -0.1) is 0 Å². The van der Waals surface area contributed by atoms with Crippen LogP contribution in [0.4, 0.5) is 0 Å². The second-order valence-electron chi connectivity index (χ2n) is 4.72. The van der Waals surface area contributed by atoms with Gasteiger partial charge >= 0.3 is 0 Å². The summed E-state index contributed by atoms with van der Waals surface area (Å²) >= 11 is 0. The Morgan fingerprint density at radius 3 is 2.59 bits per heavy atom. The zero-order valence-corrected chi connectivity index (χ0v) is 11.9. The molecular weight excluding hydrogens is 284 g/mol. The number of phenols is 2. The van der Waals surface area contributed by atoms with E-state index in [4.69, 9.17) is 9.15 Å². The van der Waals surface area contributed by atoms with Crippen LogP contribution in [0, 0.1) is 0 Å². The highest BCUT2D eigenvalue weighted by Gasteiger charge is 2.18. The first-order chi connectivity index (χ1) is 10.6. The molecule has 5 heteroatoms. The predicted molar refractivity (Wildman–Crippen MR) is 82.4 cm³/mol. The van der Waals surface area contributed by atoms with Crippen LogP contribution >= 0.6 is 0 Å². The normalized spacial score (nSPS) is 10.8. The second-order valence-corrected chi connectivity index (χ2v) is 4.72. The summed E-state index contributed by atoms with van der Waals surface area (Å²) in [6, 6.07) is 11.1. The molecule has 112 valence electrons. The third-order valence-corrected chi connectivity index (χ3v) is 3.28. The van der Waals surface area contributed by atoms with Crippen molar-refractivity contribution in [2.45, 2.75) is 6.92 Å². The molecule has 0 fully saturated rings. The standard InChI is InChI=1S/C17H14O5/c1-2-21-17-15(20)11-5-3-4-6-14(11)22-16(17)10-7-8-12(18)13(19)9-10/h3-9,18-19H,2H2,1H3. The molecule has 22 heavy (non-hydrogen) atoms. The molecule has 0 aliphatic heterocycles. The molecule has 0 amide bonds. The van der Waals surface area contributed by atoms with Crippen LogP contribution in [0.25, 0.3) is 22.3 Å². The van der Waals surface area contributed by atoms with Gasteiger partial charge in [0, 0.05) is 5.56 Å². The zero-order chi connectivity index (χ0) is 15.7. The highest BCUT2D eigenvalue weighted by molar-refractivity contribution is 5.82. The molecule has 0 saturated carbocycles. The molecule has 0 radical (unpaired) electrons. The van der Waals surface area contributed by atoms with Crippen molar-refractivity contribution >= 4 is 11.0 Å². The number of phenolic OH excluding ortho intramolecular Hbond substituents is 2. The van der Waals surface area contributed by atoms with E-state index in [1.54, 1.807) is 37.3 Å². The first-order valence-electron chi connectivity index (χ1n) is 6.82. The van der Waals surface area contributed by atoms with Gasteiger partial charge in [-0.25, -0.2) is 0 Å². The lowest BCUT2D eigenvalue weighted by molar-refractivity contribution is 0.330. The molecule has 1 aromatic heterocycles. The van der Waals surface area contributed by atoms with Gasteiger partial charge in [-0.3, -0.25) is 4.79 Å². The van der Waals surface area contributed by atoms with E-state index in [1.807, 2.05) is 0 Å². The number of rotatable bonds is 3. The molecule has 0 unspecified atom stereocenters. The van der Waals surface area contributed by atoms with Crippen LogP contribution in [0.1, 0.15) is 6.92 Å². The van der Waals surface area contributed by atoms with Crippen LogP contribution in [0.2, 0.25) is 0 Å². The van der Waals surface area contributed by atoms with E-state index in [2.05, 4.69) is 0 Å². The molecule has 3 aromatic rings. The van der Waals surface area contributed by atoms with Crippen LogP contribution in [-0.2, 0) is 0 Å². The molecular formula is C17H14O5. The maximum absolute atomic E-state index is 12.6. The van der Waals surface area contributed by atoms with Gasteiger partial charge in [-0.05, 0) is 37.3 Å². The lowest BCUT2D eigenvalue weighted by Crippen LogP contribution is -2.09. The summed E-state index contributed by atoms with van der Waals surface area (Å²) in [4.78, 5) is 12.6. The molecule has 0 spiro atoms. The van der Waals surface area contributed by atoms with Crippen LogP contribution in [0.15, 0.2) is 51.7 Å². The maximum Gasteiger partial charge on any atom is 0.235 e. The molecule has 0 bridgehead atoms. The Morgan fingerprint density at radius 2 is 1.86 bits per heavy atom. The predicted octanol–water partition coefficient (Wildman–Crippen LogP) is 3.27. The molecule has 3 rings (SSSR count). The number of hydrogen-bond donors (Lipinski definition) is 2. The van der Waals surface area contributed by atoms with E-state index >= 15 is 0 Å². The van der Waals surface area contributed by atoms with Crippen molar-refractivity contribution < 1.29 is 19.4 Å². The van der Waals surface area contributed by atoms with E-state index < -0.39 is 0 Å². The number of aromatic hydroxyl groups is 2. The van der Waals surface area contributed by atoms with Gasteiger partial charge in [0.2, 0.25) is 11.2 Å². The Hall–Kier alpha value is -2.95. The van der Waals surface area contributed by atoms with Gasteiger partial charge in [0.25, 0.3) is 0 Å². The largest absolute Gasteiger partial charge is 0.504 e. The van der Waals surface area contributed by atoms with Crippen molar-refractivity contribution in [3.63, 3.8) is 0 Å². The molecule has 0 atom stereocenters. The summed E-state index contributed by atoms with van der Waals surface area (Å²) in [7, 11) is 0. The van der Waals surface area contributed by atoms with Crippen molar-refractivity contribution in [3.8, 4) is 28.6 Å². The van der Waals surface area contributed by atoms with Crippen LogP contribution < -0.4 is 10.2 Å². The Balaban J connectivity index is 2.33. The van der Waals surface area contributed by atoms with Crippen molar-refractivity contribution in [1.29, 1.82) is 0 Å². The number of ether oxygens (including phenoxy) is 1. The summed E-state index contributed by atoms with van der Waals surface area (Å²) in [6.45, 7) is 2.08. The maximum atomic E-state index is 12.6. The third-order valence-electron chi connectivity index (χ3n) is 3.28. The van der Waals surface area contributed by atoms with Crippen LogP contribution in [-0.4, -0.2) is 16.8 Å². The first kappa shape index (κ1) is 14.0. The van der Waals surface area contributed by atoms with E-state index in [1.165, 1.54) is 12.1 Å². The Labute approximate surface area is 126 Å². The average Bonchev–Trinajstić information content (AvgIpc) is 2.53. The fourth-order valence-corrected chi connectivity index (χ4v) is 2.26. The highest BCUT2D eigenvalue weighted by Crippen LogP contribution is 2.35. The van der Waals surface area contributed by atoms with Gasteiger partial charge in [0.15, 0.2) is 17.3 Å². The van der Waals surface area contributed by atoms with E-state index in [0.29, 0.717) is 23.1 Å². The SMILES string of the molecule is CCOc1c(-c2ccc(O)c(O)c2)oc2ccccc2c1=O. The Bertz CT molecular complexity index is 895. The van der Waals surface area contributed by atoms with E-state index in [-0.39, 0.29) is 28.4 Å². The van der Waals surface area contributed by atoms with Gasteiger partial charge < -0.3 is 19.4 Å². The van der Waals surface area contributed by atoms with Gasteiger partial charge in [-0.2, -0.15) is 0 Å². The second kappa shape index (κ2) is 5.44. The Kier molecular flexibility index (Phi) is 3.47. The fraction of sp³-hybridized carbons (Fsp3) is 0.118. The molecule has 0 aliphatic carbocycles. The topological polar surface area (TPSA) is 79.9 Å². The quantitative estimate of drug-likeness (QED) is 0.725. The minimum Gasteiger partial charge on any atom is -0.504 e. The van der Waals surface area contributed by atoms with Crippen LogP contribution in [0.5, 0.6) is 17.2 Å². The summed E-state index contributed by atoms with van der Waals surface area (Å²) in [5.74, 6) is -0.229. The van der Waals surface area contributed by atoms with Crippen molar-refractivity contribution in [2.24, 2.45) is 0 Å². The molecule has 0 saturated heterocycles. The molecule has 5 nitrogen and oxygen atoms in total. The molecule has 2 aromatic carbocycles. The zero-order valence-electron chi connectivity index (χ0n) is 11.9. The summed E-state index contributed by atoms with van der Waals surface area (Å²) in [5.41, 5.74) is 0.603. The number of benzene rings is 2. The van der Waals surface area contributed by atoms with E-state index in [0.717, 1.165) is 0 Å². The molecule has 1 heterocycles. The summed E-state index contributed by atoms with van der Waals surface area (Å²) < 4.78 is 11.2. The van der Waals surface area contributed by atoms with Crippen molar-refractivity contribution in [1.82, 2.24) is 0 Å². The Morgan fingerprint density at radius 1 is 1.09 bits per heavy atom. The average molecular weight is 298 g/mol. The first-order valence-corrected chi connectivity index (χ1v) is 6.82. The molecule has 2 N–H and O–H groups in total. The fourth-order valence-electron chi connectivity index (χ4n) is 2.26. The highest BCUT2D eigenvalue weighted by atomic mass is 16.5. The van der Waals surface area contributed by atoms with Gasteiger partial charge in [0.05, 0.1) is 12.0 Å². The minimum atomic E-state index is -0.296. The smallest absolute Gasteiger partial charge is 0.235 e. The number of fused-ring (bicyclic) bond motifs is 1. The summed E-state index contributed by atoms with van der Waals surface area (Å²) in [6.07, 6.45) is 0. The molecule has 0 aliphatic rings. The lowest BCUT2D eigenvalue weighted by atomic mass is 10.1. The number of para-hydroxylation sites is 1. The third kappa shape index (κ3) is 2.26. The van der Waals surface area contributed by atoms with Gasteiger partial charge in [0.1, 0.15) is 5.58 Å². The van der Waals surface area contributed by atoms with Crippen molar-refractivity contribution in [3.05, 3.63) is 52.7 Å². The van der Waals surface area contributed by atoms with Crippen LogP contribution in [0.3, 0.4) is 0 Å². The monoisotopic (exact) mass is 298 g/mol. The number of hydrogen-bond acceptors (Lipinski definition) is 5. The summed E-state index contributed by atoms with van der Waals surface area (Å²) in [5, 5.41) is 19.5. The van der Waals surface area contributed by atoms with Crippen molar-refractivity contribution in [2.75, 3.05) is 6.61 Å². The van der Waals surface area contributed by atoms with E-state index in [9.17, 15) is 15.0 Å². The lowest BCUT2D eigenvalue weighted by Gasteiger charge is -2.10. The van der Waals surface area contributed by atoms with Gasteiger partial charge in [-0.1, -0.05) is 12.1 Å². The minimum absolute atomic E-state index is 0.0892.